The van der Waals surface area contributed by atoms with Crippen molar-refractivity contribution in [2.45, 2.75) is 19.8 Å². The van der Waals surface area contributed by atoms with Gasteiger partial charge in [-0.15, -0.1) is 0 Å². The topological polar surface area (TPSA) is 57.6 Å². The Morgan fingerprint density at radius 3 is 2.28 bits per heavy atom. The van der Waals surface area contributed by atoms with E-state index in [0.29, 0.717) is 25.1 Å². The summed E-state index contributed by atoms with van der Waals surface area (Å²) in [6, 6.07) is 5.47. The second-order valence-corrected chi connectivity index (χ2v) is 4.41. The molecule has 5 heteroatoms. The predicted octanol–water partition coefficient (Wildman–Crippen LogP) is 2.04. The third-order valence-corrected chi connectivity index (χ3v) is 3.27. The first kappa shape index (κ1) is 12.5. The molecular formula is C13H14FNO3. The van der Waals surface area contributed by atoms with Crippen LogP contribution in [-0.4, -0.2) is 23.5 Å². The second-order valence-electron chi connectivity index (χ2n) is 4.41. The van der Waals surface area contributed by atoms with Crippen LogP contribution in [0.15, 0.2) is 24.3 Å². The lowest BCUT2D eigenvalue weighted by Gasteiger charge is -2.24. The highest BCUT2D eigenvalue weighted by molar-refractivity contribution is 6.11. The van der Waals surface area contributed by atoms with E-state index in [1.807, 2.05) is 0 Å². The first-order valence-corrected chi connectivity index (χ1v) is 5.82. The Morgan fingerprint density at radius 1 is 1.33 bits per heavy atom. The van der Waals surface area contributed by atoms with Gasteiger partial charge in [0, 0.05) is 12.2 Å². The number of carbonyl (C=O) groups is 2. The molecule has 0 saturated heterocycles. The second kappa shape index (κ2) is 4.40. The number of hydrogen-bond donors (Lipinski definition) is 1. The predicted molar refractivity (Wildman–Crippen MR) is 63.7 cm³/mol. The SMILES string of the molecule is CCN(C(=O)C1(C(=O)O)CC1)c1ccc(F)cc1. The fraction of sp³-hybridized carbons (Fsp3) is 0.385. The Labute approximate surface area is 104 Å². The Hall–Kier alpha value is -1.91. The zero-order valence-corrected chi connectivity index (χ0v) is 10.0. The molecule has 1 aromatic rings. The molecule has 0 aliphatic heterocycles. The number of halogens is 1. The molecule has 0 heterocycles. The van der Waals surface area contributed by atoms with E-state index in [2.05, 4.69) is 0 Å². The normalized spacial score (nSPS) is 16.1. The molecule has 0 bridgehead atoms. The van der Waals surface area contributed by atoms with Crippen LogP contribution in [0.25, 0.3) is 0 Å². The average molecular weight is 251 g/mol. The fourth-order valence-corrected chi connectivity index (χ4v) is 1.97. The van der Waals surface area contributed by atoms with Crippen LogP contribution in [-0.2, 0) is 9.59 Å². The van der Waals surface area contributed by atoms with Crippen LogP contribution >= 0.6 is 0 Å². The molecular weight excluding hydrogens is 237 g/mol. The highest BCUT2D eigenvalue weighted by Crippen LogP contribution is 2.48. The largest absolute Gasteiger partial charge is 0.480 e. The van der Waals surface area contributed by atoms with Gasteiger partial charge in [0.2, 0.25) is 5.91 Å². The maximum Gasteiger partial charge on any atom is 0.319 e. The van der Waals surface area contributed by atoms with Gasteiger partial charge in [-0.25, -0.2) is 4.39 Å². The summed E-state index contributed by atoms with van der Waals surface area (Å²) in [5.41, 5.74) is -0.735. The van der Waals surface area contributed by atoms with Crippen molar-refractivity contribution in [2.75, 3.05) is 11.4 Å². The summed E-state index contributed by atoms with van der Waals surface area (Å²) in [7, 11) is 0. The van der Waals surface area contributed by atoms with E-state index < -0.39 is 17.3 Å². The van der Waals surface area contributed by atoms with E-state index in [1.165, 1.54) is 29.2 Å². The number of benzene rings is 1. The number of amides is 1. The molecule has 0 radical (unpaired) electrons. The Balaban J connectivity index is 2.27. The maximum atomic E-state index is 12.8. The summed E-state index contributed by atoms with van der Waals surface area (Å²) in [6.07, 6.45) is 0.748. The number of rotatable bonds is 4. The lowest BCUT2D eigenvalue weighted by molar-refractivity contribution is -0.148. The van der Waals surface area contributed by atoms with Crippen LogP contribution < -0.4 is 4.90 Å². The maximum absolute atomic E-state index is 12.8. The van der Waals surface area contributed by atoms with Gasteiger partial charge in [0.15, 0.2) is 0 Å². The van der Waals surface area contributed by atoms with Crippen molar-refractivity contribution in [3.63, 3.8) is 0 Å². The van der Waals surface area contributed by atoms with E-state index >= 15 is 0 Å². The summed E-state index contributed by atoms with van der Waals surface area (Å²) in [6.45, 7) is 2.12. The summed E-state index contributed by atoms with van der Waals surface area (Å²) < 4.78 is 12.8. The quantitative estimate of drug-likeness (QED) is 0.833. The molecule has 1 fully saturated rings. The van der Waals surface area contributed by atoms with Crippen LogP contribution in [0, 0.1) is 11.2 Å². The number of nitrogens with zero attached hydrogens (tertiary/aromatic N) is 1. The standard InChI is InChI=1S/C13H14FNO3/c1-2-15(10-5-3-9(14)4-6-10)11(16)13(7-8-13)12(17)18/h3-6H,2,7-8H2,1H3,(H,17,18). The van der Waals surface area contributed by atoms with Gasteiger partial charge in [0.1, 0.15) is 11.2 Å². The molecule has 0 spiro atoms. The number of hydrogen-bond acceptors (Lipinski definition) is 2. The van der Waals surface area contributed by atoms with Crippen LogP contribution in [0.5, 0.6) is 0 Å². The van der Waals surface area contributed by atoms with Gasteiger partial charge in [-0.3, -0.25) is 9.59 Å². The van der Waals surface area contributed by atoms with Crippen molar-refractivity contribution in [1.29, 1.82) is 0 Å². The van der Waals surface area contributed by atoms with Crippen LogP contribution in [0.2, 0.25) is 0 Å². The zero-order chi connectivity index (χ0) is 13.3. The van der Waals surface area contributed by atoms with E-state index in [1.54, 1.807) is 6.92 Å². The molecule has 0 aromatic heterocycles. The smallest absolute Gasteiger partial charge is 0.319 e. The molecule has 1 amide bonds. The van der Waals surface area contributed by atoms with Gasteiger partial charge in [0.25, 0.3) is 0 Å². The monoisotopic (exact) mass is 251 g/mol. The summed E-state index contributed by atoms with van der Waals surface area (Å²) in [4.78, 5) is 24.7. The molecule has 4 nitrogen and oxygen atoms in total. The van der Waals surface area contributed by atoms with Gasteiger partial charge < -0.3 is 10.0 Å². The molecule has 96 valence electrons. The molecule has 1 N–H and O–H groups in total. The van der Waals surface area contributed by atoms with Gasteiger partial charge in [-0.1, -0.05) is 0 Å². The van der Waals surface area contributed by atoms with Crippen molar-refractivity contribution in [3.8, 4) is 0 Å². The summed E-state index contributed by atoms with van der Waals surface area (Å²) in [5, 5.41) is 9.10. The van der Waals surface area contributed by atoms with E-state index in [0.717, 1.165) is 0 Å². The van der Waals surface area contributed by atoms with Crippen LogP contribution in [0.1, 0.15) is 19.8 Å². The zero-order valence-electron chi connectivity index (χ0n) is 10.0. The Bertz CT molecular complexity index is 480. The minimum absolute atomic E-state index is 0.361. The fourth-order valence-electron chi connectivity index (χ4n) is 1.97. The Kier molecular flexibility index (Phi) is 3.07. The number of carbonyl (C=O) groups excluding carboxylic acids is 1. The van der Waals surface area contributed by atoms with E-state index in [-0.39, 0.29) is 5.82 Å². The number of carboxylic acids is 1. The summed E-state index contributed by atoms with van der Waals surface area (Å²) in [5.74, 6) is -1.88. The Morgan fingerprint density at radius 2 is 1.89 bits per heavy atom. The first-order chi connectivity index (χ1) is 8.51. The molecule has 1 aromatic carbocycles. The number of anilines is 1. The van der Waals surface area contributed by atoms with Crippen LogP contribution in [0.4, 0.5) is 10.1 Å². The van der Waals surface area contributed by atoms with Gasteiger partial charge in [0.05, 0.1) is 0 Å². The first-order valence-electron chi connectivity index (χ1n) is 5.82. The van der Waals surface area contributed by atoms with E-state index in [4.69, 9.17) is 5.11 Å². The molecule has 18 heavy (non-hydrogen) atoms. The highest BCUT2D eigenvalue weighted by Gasteiger charge is 2.58. The number of carboxylic acid groups (broad SMARTS) is 1. The molecule has 1 saturated carbocycles. The highest BCUT2D eigenvalue weighted by atomic mass is 19.1. The molecule has 1 aliphatic carbocycles. The van der Waals surface area contributed by atoms with Gasteiger partial charge in [-0.05, 0) is 44.0 Å². The minimum Gasteiger partial charge on any atom is -0.480 e. The molecule has 2 rings (SSSR count). The summed E-state index contributed by atoms with van der Waals surface area (Å²) >= 11 is 0. The van der Waals surface area contributed by atoms with Gasteiger partial charge in [-0.2, -0.15) is 0 Å². The lowest BCUT2D eigenvalue weighted by Crippen LogP contribution is -2.41. The molecule has 0 unspecified atom stereocenters. The van der Waals surface area contributed by atoms with Crippen molar-refractivity contribution in [1.82, 2.24) is 0 Å². The minimum atomic E-state index is -1.26. The van der Waals surface area contributed by atoms with Crippen molar-refractivity contribution < 1.29 is 19.1 Å². The third-order valence-electron chi connectivity index (χ3n) is 3.27. The van der Waals surface area contributed by atoms with Crippen molar-refractivity contribution >= 4 is 17.6 Å². The third kappa shape index (κ3) is 1.96. The molecule has 1 aliphatic rings. The van der Waals surface area contributed by atoms with Crippen LogP contribution in [0.3, 0.4) is 0 Å². The van der Waals surface area contributed by atoms with E-state index in [9.17, 15) is 14.0 Å². The van der Waals surface area contributed by atoms with Crippen molar-refractivity contribution in [3.05, 3.63) is 30.1 Å². The average Bonchev–Trinajstić information content (AvgIpc) is 3.13. The lowest BCUT2D eigenvalue weighted by atomic mass is 10.1. The van der Waals surface area contributed by atoms with Crippen molar-refractivity contribution in [2.24, 2.45) is 5.41 Å². The van der Waals surface area contributed by atoms with Gasteiger partial charge >= 0.3 is 5.97 Å². The number of aliphatic carboxylic acids is 1. The molecule has 0 atom stereocenters.